The van der Waals surface area contributed by atoms with Crippen molar-refractivity contribution in [1.82, 2.24) is 5.32 Å². The number of nitrogens with zero attached hydrogens (tertiary/aromatic N) is 1. The lowest BCUT2D eigenvalue weighted by atomic mass is 10.1. The first-order chi connectivity index (χ1) is 13.8. The normalized spacial score (nSPS) is 12.8. The van der Waals surface area contributed by atoms with E-state index >= 15 is 0 Å². The number of halogens is 1. The molecule has 0 fully saturated rings. The Morgan fingerprint density at radius 1 is 1.17 bits per heavy atom. The molecule has 8 heteroatoms. The number of hydrogen-bond acceptors (Lipinski definition) is 5. The van der Waals surface area contributed by atoms with Crippen molar-refractivity contribution in [3.8, 4) is 16.2 Å². The number of thiophene rings is 1. The van der Waals surface area contributed by atoms with E-state index in [1.54, 1.807) is 26.0 Å². The van der Waals surface area contributed by atoms with Crippen LogP contribution in [0.3, 0.4) is 0 Å². The molecule has 0 unspecified atom stereocenters. The summed E-state index contributed by atoms with van der Waals surface area (Å²) in [6.45, 7) is 3.40. The van der Waals surface area contributed by atoms with Crippen molar-refractivity contribution in [3.05, 3.63) is 81.5 Å². The van der Waals surface area contributed by atoms with Crippen molar-refractivity contribution in [3.63, 3.8) is 0 Å². The van der Waals surface area contributed by atoms with E-state index in [1.165, 1.54) is 41.7 Å². The van der Waals surface area contributed by atoms with Crippen molar-refractivity contribution in [2.24, 2.45) is 0 Å². The second kappa shape index (κ2) is 8.83. The molecule has 0 spiro atoms. The maximum absolute atomic E-state index is 13.1. The number of nitrogens with one attached hydrogen (secondary N) is 1. The van der Waals surface area contributed by atoms with Gasteiger partial charge in [0.2, 0.25) is 0 Å². The summed E-state index contributed by atoms with van der Waals surface area (Å²) in [4.78, 5) is 24.0. The highest BCUT2D eigenvalue weighted by Crippen LogP contribution is 2.36. The topological polar surface area (TPSA) is 81.5 Å². The fourth-order valence-electron chi connectivity index (χ4n) is 2.77. The molecule has 1 N–H and O–H groups in total. The Morgan fingerprint density at radius 2 is 1.90 bits per heavy atom. The second-order valence-corrected chi connectivity index (χ2v) is 7.40. The predicted molar refractivity (Wildman–Crippen MR) is 109 cm³/mol. The van der Waals surface area contributed by atoms with Crippen LogP contribution in [0.1, 0.15) is 25.5 Å². The van der Waals surface area contributed by atoms with Crippen LogP contribution in [0.4, 0.5) is 10.1 Å². The highest BCUT2D eigenvalue weighted by molar-refractivity contribution is 7.13. The van der Waals surface area contributed by atoms with Crippen molar-refractivity contribution >= 4 is 22.9 Å². The zero-order chi connectivity index (χ0) is 21.0. The summed E-state index contributed by atoms with van der Waals surface area (Å²) in [7, 11) is 0. The molecule has 1 aromatic heterocycles. The van der Waals surface area contributed by atoms with Gasteiger partial charge >= 0.3 is 0 Å². The van der Waals surface area contributed by atoms with E-state index in [2.05, 4.69) is 5.32 Å². The molecule has 0 saturated carbocycles. The molecule has 0 aliphatic heterocycles. The van der Waals surface area contributed by atoms with Gasteiger partial charge in [0.05, 0.1) is 11.0 Å². The Labute approximate surface area is 171 Å². The molecule has 6 nitrogen and oxygen atoms in total. The number of benzene rings is 2. The monoisotopic (exact) mass is 414 g/mol. The van der Waals surface area contributed by atoms with Gasteiger partial charge in [-0.2, -0.15) is 0 Å². The number of non-ortho nitro benzene ring substituents is 1. The fraction of sp³-hybridized carbons (Fsp3) is 0.190. The fourth-order valence-corrected chi connectivity index (χ4v) is 3.52. The van der Waals surface area contributed by atoms with E-state index in [0.717, 1.165) is 10.4 Å². The van der Waals surface area contributed by atoms with Gasteiger partial charge in [-0.15, -0.1) is 11.3 Å². The minimum atomic E-state index is -0.835. The molecule has 1 amide bonds. The molecular weight excluding hydrogens is 395 g/mol. The summed E-state index contributed by atoms with van der Waals surface area (Å²) in [5.41, 5.74) is 1.27. The predicted octanol–water partition coefficient (Wildman–Crippen LogP) is 5.11. The lowest BCUT2D eigenvalue weighted by molar-refractivity contribution is -0.384. The minimum absolute atomic E-state index is 0.0530. The minimum Gasteiger partial charge on any atom is -0.480 e. The van der Waals surface area contributed by atoms with E-state index in [1.807, 2.05) is 17.5 Å². The molecule has 3 rings (SSSR count). The van der Waals surface area contributed by atoms with Gasteiger partial charge in [0, 0.05) is 22.6 Å². The molecule has 3 aromatic rings. The van der Waals surface area contributed by atoms with E-state index in [0.29, 0.717) is 11.3 Å². The van der Waals surface area contributed by atoms with Crippen LogP contribution in [0, 0.1) is 15.9 Å². The van der Waals surface area contributed by atoms with E-state index < -0.39 is 11.0 Å². The highest BCUT2D eigenvalue weighted by Gasteiger charge is 2.21. The molecule has 0 radical (unpaired) electrons. The number of hydrogen-bond donors (Lipinski definition) is 1. The molecule has 1 heterocycles. The third-order valence-electron chi connectivity index (χ3n) is 4.36. The lowest BCUT2D eigenvalue weighted by Crippen LogP contribution is -2.37. The van der Waals surface area contributed by atoms with Gasteiger partial charge in [-0.1, -0.05) is 18.2 Å². The first-order valence-electron chi connectivity index (χ1n) is 8.90. The van der Waals surface area contributed by atoms with Crippen molar-refractivity contribution in [1.29, 1.82) is 0 Å². The van der Waals surface area contributed by atoms with Crippen LogP contribution < -0.4 is 10.1 Å². The highest BCUT2D eigenvalue weighted by atomic mass is 32.1. The van der Waals surface area contributed by atoms with Crippen LogP contribution in [-0.4, -0.2) is 16.9 Å². The molecule has 0 aliphatic rings. The zero-order valence-corrected chi connectivity index (χ0v) is 16.6. The number of carbonyl (C=O) groups is 1. The van der Waals surface area contributed by atoms with Crippen molar-refractivity contribution in [2.45, 2.75) is 26.0 Å². The first kappa shape index (κ1) is 20.5. The van der Waals surface area contributed by atoms with Gasteiger partial charge in [0.1, 0.15) is 11.6 Å². The number of amides is 1. The van der Waals surface area contributed by atoms with Crippen LogP contribution in [0.25, 0.3) is 10.4 Å². The van der Waals surface area contributed by atoms with Crippen LogP contribution in [-0.2, 0) is 4.79 Å². The number of rotatable bonds is 7. The van der Waals surface area contributed by atoms with Gasteiger partial charge in [-0.25, -0.2) is 4.39 Å². The average Bonchev–Trinajstić information content (AvgIpc) is 3.23. The molecule has 2 aromatic carbocycles. The maximum Gasteiger partial charge on any atom is 0.270 e. The van der Waals surface area contributed by atoms with Gasteiger partial charge in [-0.3, -0.25) is 14.9 Å². The Morgan fingerprint density at radius 3 is 2.52 bits per heavy atom. The van der Waals surface area contributed by atoms with Gasteiger partial charge in [0.15, 0.2) is 6.10 Å². The Kier molecular flexibility index (Phi) is 6.23. The van der Waals surface area contributed by atoms with Crippen molar-refractivity contribution < 1.29 is 18.8 Å². The summed E-state index contributed by atoms with van der Waals surface area (Å²) in [6.07, 6.45) is -0.835. The third kappa shape index (κ3) is 4.97. The number of nitro benzene ring substituents is 1. The van der Waals surface area contributed by atoms with E-state index in [-0.39, 0.29) is 23.5 Å². The molecule has 29 heavy (non-hydrogen) atoms. The Bertz CT molecular complexity index is 1010. The summed E-state index contributed by atoms with van der Waals surface area (Å²) >= 11 is 1.42. The summed E-state index contributed by atoms with van der Waals surface area (Å²) in [5, 5.41) is 15.8. The Hall–Kier alpha value is -3.26. The second-order valence-electron chi connectivity index (χ2n) is 6.46. The SMILES string of the molecule is C[C@@H](Oc1ccc([N+](=O)[O-])cc1-c1cccs1)C(=O)N[C@H](C)c1ccc(F)cc1. The van der Waals surface area contributed by atoms with Crippen LogP contribution >= 0.6 is 11.3 Å². The largest absolute Gasteiger partial charge is 0.480 e. The molecule has 0 bridgehead atoms. The average molecular weight is 414 g/mol. The van der Waals surface area contributed by atoms with Gasteiger partial charge in [-0.05, 0) is 49.1 Å². The van der Waals surface area contributed by atoms with Gasteiger partial charge < -0.3 is 10.1 Å². The molecular formula is C21H19FN2O4S. The summed E-state index contributed by atoms with van der Waals surface area (Å²) < 4.78 is 18.9. The van der Waals surface area contributed by atoms with Crippen LogP contribution in [0.2, 0.25) is 0 Å². The van der Waals surface area contributed by atoms with Crippen LogP contribution in [0.5, 0.6) is 5.75 Å². The number of nitro groups is 1. The molecule has 150 valence electrons. The standard InChI is InChI=1S/C21H19FN2O4S/c1-13(15-5-7-16(22)8-6-15)23-21(25)14(2)28-19-10-9-17(24(26)27)12-18(19)20-4-3-11-29-20/h3-14H,1-2H3,(H,23,25)/t13-,14-/m1/s1. The zero-order valence-electron chi connectivity index (χ0n) is 15.8. The summed E-state index contributed by atoms with van der Waals surface area (Å²) in [6, 6.07) is 13.5. The molecule has 2 atom stereocenters. The summed E-state index contributed by atoms with van der Waals surface area (Å²) in [5.74, 6) is -0.310. The van der Waals surface area contributed by atoms with E-state index in [4.69, 9.17) is 4.74 Å². The van der Waals surface area contributed by atoms with Gasteiger partial charge in [0.25, 0.3) is 11.6 Å². The number of carbonyl (C=O) groups excluding carboxylic acids is 1. The third-order valence-corrected chi connectivity index (χ3v) is 5.27. The number of ether oxygens (including phenoxy) is 1. The quantitative estimate of drug-likeness (QED) is 0.430. The molecule has 0 saturated heterocycles. The lowest BCUT2D eigenvalue weighted by Gasteiger charge is -2.20. The Balaban J connectivity index is 1.75. The smallest absolute Gasteiger partial charge is 0.270 e. The van der Waals surface area contributed by atoms with E-state index in [9.17, 15) is 19.3 Å². The maximum atomic E-state index is 13.1. The molecule has 0 aliphatic carbocycles. The van der Waals surface area contributed by atoms with Crippen molar-refractivity contribution in [2.75, 3.05) is 0 Å². The first-order valence-corrected chi connectivity index (χ1v) is 9.78. The van der Waals surface area contributed by atoms with Crippen LogP contribution in [0.15, 0.2) is 60.0 Å².